The number of hydrogen-bond donors (Lipinski definition) is 5. The maximum absolute atomic E-state index is 4.72. The van der Waals surface area contributed by atoms with Crippen molar-refractivity contribution in [2.75, 3.05) is 0 Å². The van der Waals surface area contributed by atoms with E-state index in [2.05, 4.69) is 145 Å². The van der Waals surface area contributed by atoms with Gasteiger partial charge in [-0.25, -0.2) is 29.9 Å². The van der Waals surface area contributed by atoms with Crippen LogP contribution < -0.4 is 0 Å². The average Bonchev–Trinajstić information content (AvgIpc) is 4.27. The number of hydrogen-bond acceptors (Lipinski definition) is 19. The summed E-state index contributed by atoms with van der Waals surface area (Å²) < 4.78 is 23.4. The topological polar surface area (TPSA) is 274 Å². The average molecular weight is 1220 g/mol. The molecule has 14 heterocycles. The second kappa shape index (κ2) is 49.7. The van der Waals surface area contributed by atoms with E-state index in [-0.39, 0.29) is 0 Å². The number of thiophene rings is 2. The van der Waals surface area contributed by atoms with Crippen LogP contribution in [0.5, 0.6) is 0 Å². The standard InChI is InChI=1S/2C5H7N.C5H6O.2C5H6S.2C4H6N2.4C4H5NO.2C4H5NS.C3H5N3/c5*1-5-2-3-6-4-5;1-4-5-2-3-6-4;1-4-2-3-5-6-4;2*1-4-2-6-3-5-4;1-4-2-5-3-6-4;1-4-5-2-3-6-4;1-4-2-6-3-5-4;1-4-5-2-3-6-4;1-3-4-2-5-6-3/h2*2-4,6H,1H3;3*2-4H,1H3;2*2-3H,1H3,(H,5,6);6*2-3H,1H3;2H,1H3,(H,4,5,6). The molecule has 24 heteroatoms. The Balaban J connectivity index is 0.000000452. The molecule has 0 saturated heterocycles. The summed E-state index contributed by atoms with van der Waals surface area (Å²) in [5.41, 5.74) is 12.4. The number of imidazole rings is 1. The van der Waals surface area contributed by atoms with Gasteiger partial charge in [0.2, 0.25) is 0 Å². The van der Waals surface area contributed by atoms with E-state index >= 15 is 0 Å². The minimum atomic E-state index is 0.718. The Kier molecular flexibility index (Phi) is 43.1. The van der Waals surface area contributed by atoms with Crippen LogP contribution in [0.1, 0.15) is 78.9 Å². The monoisotopic (exact) mass is 1220 g/mol. The maximum atomic E-state index is 4.72. The molecule has 0 aliphatic carbocycles. The Morgan fingerprint density at radius 1 is 0.440 bits per heavy atom. The van der Waals surface area contributed by atoms with Crippen LogP contribution in [0.15, 0.2) is 215 Å². The van der Waals surface area contributed by atoms with E-state index in [0.717, 1.165) is 51.1 Å². The second-order valence-corrected chi connectivity index (χ2v) is 20.1. The lowest BCUT2D eigenvalue weighted by atomic mass is 10.4. The van der Waals surface area contributed by atoms with Crippen LogP contribution in [0.3, 0.4) is 0 Å². The van der Waals surface area contributed by atoms with Gasteiger partial charge in [-0.1, -0.05) is 0 Å². The van der Waals surface area contributed by atoms with Crippen molar-refractivity contribution in [1.82, 2.24) is 75.2 Å². The first-order chi connectivity index (χ1) is 40.5. The molecular formula is C60H79N15O5S4. The number of nitrogens with zero attached hydrogens (tertiary/aromatic N) is 10. The minimum absolute atomic E-state index is 0.718. The van der Waals surface area contributed by atoms with Gasteiger partial charge in [0.25, 0.3) is 0 Å². The van der Waals surface area contributed by atoms with Crippen LogP contribution in [-0.4, -0.2) is 75.2 Å². The number of oxazole rings is 4. The van der Waals surface area contributed by atoms with E-state index in [1.807, 2.05) is 128 Å². The van der Waals surface area contributed by atoms with Gasteiger partial charge in [0.15, 0.2) is 25.1 Å². The summed E-state index contributed by atoms with van der Waals surface area (Å²) in [7, 11) is 0. The maximum Gasteiger partial charge on any atom is 0.190 e. The van der Waals surface area contributed by atoms with Crippen LogP contribution in [0.25, 0.3) is 0 Å². The molecule has 0 amide bonds. The molecule has 14 aromatic heterocycles. The molecule has 0 atom stereocenters. The third kappa shape index (κ3) is 47.7. The van der Waals surface area contributed by atoms with Crippen LogP contribution in [0.2, 0.25) is 0 Å². The molecule has 0 aliphatic rings. The van der Waals surface area contributed by atoms with Crippen molar-refractivity contribution in [3.63, 3.8) is 0 Å². The molecule has 0 radical (unpaired) electrons. The highest BCUT2D eigenvalue weighted by Crippen LogP contribution is 2.03. The van der Waals surface area contributed by atoms with Gasteiger partial charge in [0.05, 0.1) is 46.8 Å². The first kappa shape index (κ1) is 72.9. The van der Waals surface area contributed by atoms with E-state index in [1.54, 1.807) is 121 Å². The molecule has 0 fully saturated rings. The van der Waals surface area contributed by atoms with Crippen LogP contribution in [0.4, 0.5) is 0 Å². The number of furan rings is 1. The molecule has 0 bridgehead atoms. The van der Waals surface area contributed by atoms with Gasteiger partial charge < -0.3 is 37.0 Å². The van der Waals surface area contributed by atoms with Gasteiger partial charge in [-0.05, 0) is 176 Å². The Morgan fingerprint density at radius 3 is 1.23 bits per heavy atom. The van der Waals surface area contributed by atoms with Gasteiger partial charge in [-0.2, -0.15) is 32.9 Å². The normalized spacial score (nSPS) is 8.83. The summed E-state index contributed by atoms with van der Waals surface area (Å²) >= 11 is 6.77. The fourth-order valence-electron chi connectivity index (χ4n) is 4.44. The van der Waals surface area contributed by atoms with E-state index in [9.17, 15) is 0 Å². The summed E-state index contributed by atoms with van der Waals surface area (Å²) in [4.78, 5) is 39.1. The Labute approximate surface area is 508 Å². The number of rotatable bonds is 0. The SMILES string of the molecule is Cc1cc[nH]c1.Cc1cc[nH]c1.Cc1ccn[nH]1.Cc1ccoc1.Cc1ccsc1.Cc1ccsc1.Cc1cnco1.Cc1cocn1.Cc1cocn1.Cc1cscn1.Cc1ncc[nH]1.Cc1ncco1.Cc1nccs1.Cc1ncn[nH]1. The van der Waals surface area contributed by atoms with Crippen LogP contribution in [-0.2, 0) is 0 Å². The van der Waals surface area contributed by atoms with Gasteiger partial charge in [0.1, 0.15) is 42.5 Å². The largest absolute Gasteiger partial charge is 0.472 e. The summed E-state index contributed by atoms with van der Waals surface area (Å²) in [6.45, 7) is 27.4. The van der Waals surface area contributed by atoms with E-state index in [4.69, 9.17) is 13.3 Å². The fraction of sp³-hybridized carbons (Fsp3) is 0.233. The lowest BCUT2D eigenvalue weighted by Gasteiger charge is -1.68. The zero-order chi connectivity index (χ0) is 61.7. The summed E-state index contributed by atoms with van der Waals surface area (Å²) in [6.07, 6.45) is 31.9. The summed E-state index contributed by atoms with van der Waals surface area (Å²) in [5.74, 6) is 3.40. The number of aryl methyl sites for hydroxylation is 14. The predicted molar refractivity (Wildman–Crippen MR) is 339 cm³/mol. The minimum Gasteiger partial charge on any atom is -0.472 e. The molecule has 448 valence electrons. The predicted octanol–water partition coefficient (Wildman–Crippen LogP) is 16.7. The fourth-order valence-corrected chi connectivity index (χ4v) is 6.75. The highest BCUT2D eigenvalue weighted by Gasteiger charge is 1.83. The lowest BCUT2D eigenvalue weighted by molar-refractivity contribution is 0.521. The number of aromatic amines is 5. The first-order valence-electron chi connectivity index (χ1n) is 25.5. The van der Waals surface area contributed by atoms with Crippen molar-refractivity contribution in [3.05, 3.63) is 272 Å². The molecule has 14 rings (SSSR count). The summed E-state index contributed by atoms with van der Waals surface area (Å²) in [6, 6.07) is 12.1. The molecule has 0 unspecified atom stereocenters. The Morgan fingerprint density at radius 2 is 1.10 bits per heavy atom. The zero-order valence-electron chi connectivity index (χ0n) is 50.1. The molecule has 14 aromatic rings. The van der Waals surface area contributed by atoms with Gasteiger partial charge >= 0.3 is 0 Å². The van der Waals surface area contributed by atoms with Gasteiger partial charge in [-0.15, -0.1) is 22.7 Å². The van der Waals surface area contributed by atoms with E-state index in [1.165, 1.54) is 53.3 Å². The molecule has 0 aliphatic heterocycles. The van der Waals surface area contributed by atoms with Crippen LogP contribution in [0, 0.1) is 96.9 Å². The van der Waals surface area contributed by atoms with Gasteiger partial charge in [0, 0.05) is 78.6 Å². The number of H-pyrrole nitrogens is 5. The Bertz CT molecular complexity index is 2410. The van der Waals surface area contributed by atoms with Crippen molar-refractivity contribution in [2.45, 2.75) is 96.9 Å². The van der Waals surface area contributed by atoms with E-state index in [0.29, 0.717) is 0 Å². The molecule has 5 N–H and O–H groups in total. The molecule has 20 nitrogen and oxygen atoms in total. The van der Waals surface area contributed by atoms with Gasteiger partial charge in [-0.3, -0.25) is 20.2 Å². The first-order valence-corrected chi connectivity index (χ1v) is 29.2. The van der Waals surface area contributed by atoms with Crippen LogP contribution >= 0.6 is 45.3 Å². The van der Waals surface area contributed by atoms with Crippen molar-refractivity contribution in [2.24, 2.45) is 0 Å². The molecule has 0 spiro atoms. The van der Waals surface area contributed by atoms with Crippen molar-refractivity contribution >= 4 is 45.3 Å². The number of aromatic nitrogens is 15. The molecule has 84 heavy (non-hydrogen) atoms. The highest BCUT2D eigenvalue weighted by atomic mass is 32.1. The highest BCUT2D eigenvalue weighted by molar-refractivity contribution is 7.09. The third-order valence-corrected chi connectivity index (χ3v) is 11.7. The quantitative estimate of drug-likeness (QED) is 0.0944. The number of nitrogens with one attached hydrogen (secondary N) is 5. The molecular weight excluding hydrogens is 1140 g/mol. The zero-order valence-corrected chi connectivity index (χ0v) is 53.4. The third-order valence-electron chi connectivity index (χ3n) is 8.64. The Hall–Kier alpha value is -9.10. The van der Waals surface area contributed by atoms with Crippen molar-refractivity contribution < 1.29 is 22.1 Å². The van der Waals surface area contributed by atoms with Crippen molar-refractivity contribution in [3.8, 4) is 0 Å². The number of thiazole rings is 2. The molecule has 0 saturated carbocycles. The van der Waals surface area contributed by atoms with Crippen molar-refractivity contribution in [1.29, 1.82) is 0 Å². The van der Waals surface area contributed by atoms with E-state index < -0.39 is 0 Å². The lowest BCUT2D eigenvalue weighted by Crippen LogP contribution is -1.68. The smallest absolute Gasteiger partial charge is 0.190 e. The molecule has 0 aromatic carbocycles. The summed E-state index contributed by atoms with van der Waals surface area (Å²) in [5, 5.41) is 26.2. The second-order valence-electron chi connectivity index (χ2n) is 16.8.